The average Bonchev–Trinajstić information content (AvgIpc) is 3.21. The summed E-state index contributed by atoms with van der Waals surface area (Å²) in [6, 6.07) is 0. The lowest BCUT2D eigenvalue weighted by atomic mass is 10.1. The highest BCUT2D eigenvalue weighted by atomic mass is 16.6. The smallest absolute Gasteiger partial charge is 0.410 e. The summed E-state index contributed by atoms with van der Waals surface area (Å²) in [4.78, 5) is 36.8. The maximum absolute atomic E-state index is 11.5. The SMILES string of the molecule is CC(C)(C)OC(=O)N1CCC(C=O)C1.CC(C)(C)OC(=O)N1CCC(CO)C1. The summed E-state index contributed by atoms with van der Waals surface area (Å²) in [6.45, 7) is 13.6. The zero-order chi connectivity index (χ0) is 21.5. The number of aliphatic hydroxyl groups is 1. The second-order valence-corrected chi connectivity index (χ2v) is 9.37. The van der Waals surface area contributed by atoms with Gasteiger partial charge in [0, 0.05) is 44.6 Å². The van der Waals surface area contributed by atoms with E-state index in [-0.39, 0.29) is 30.6 Å². The van der Waals surface area contributed by atoms with Gasteiger partial charge in [0.2, 0.25) is 0 Å². The van der Waals surface area contributed by atoms with Gasteiger partial charge in [-0.2, -0.15) is 0 Å². The van der Waals surface area contributed by atoms with E-state index in [1.54, 1.807) is 9.80 Å². The average molecular weight is 401 g/mol. The van der Waals surface area contributed by atoms with E-state index in [2.05, 4.69) is 0 Å². The molecule has 28 heavy (non-hydrogen) atoms. The van der Waals surface area contributed by atoms with Crippen LogP contribution >= 0.6 is 0 Å². The van der Waals surface area contributed by atoms with Crippen molar-refractivity contribution in [3.05, 3.63) is 0 Å². The molecular formula is C20H36N2O6. The highest BCUT2D eigenvalue weighted by Crippen LogP contribution is 2.19. The quantitative estimate of drug-likeness (QED) is 0.716. The second-order valence-electron chi connectivity index (χ2n) is 9.37. The summed E-state index contributed by atoms with van der Waals surface area (Å²) in [5, 5.41) is 8.92. The van der Waals surface area contributed by atoms with Gasteiger partial charge in [-0.3, -0.25) is 0 Å². The molecule has 2 rings (SSSR count). The first-order valence-electron chi connectivity index (χ1n) is 9.86. The summed E-state index contributed by atoms with van der Waals surface area (Å²) in [5.41, 5.74) is -0.898. The lowest BCUT2D eigenvalue weighted by Crippen LogP contribution is -2.35. The van der Waals surface area contributed by atoms with Crippen LogP contribution in [0.25, 0.3) is 0 Å². The van der Waals surface area contributed by atoms with Crippen LogP contribution < -0.4 is 0 Å². The van der Waals surface area contributed by atoms with Crippen LogP contribution in [0.4, 0.5) is 9.59 Å². The van der Waals surface area contributed by atoms with Crippen LogP contribution in [0.5, 0.6) is 0 Å². The van der Waals surface area contributed by atoms with Gasteiger partial charge in [-0.1, -0.05) is 0 Å². The number of likely N-dealkylation sites (tertiary alicyclic amines) is 2. The van der Waals surface area contributed by atoms with E-state index in [9.17, 15) is 14.4 Å². The molecular weight excluding hydrogens is 364 g/mol. The number of amides is 2. The Morgan fingerprint density at radius 1 is 0.929 bits per heavy atom. The summed E-state index contributed by atoms with van der Waals surface area (Å²) in [7, 11) is 0. The van der Waals surface area contributed by atoms with E-state index in [4.69, 9.17) is 14.6 Å². The molecule has 0 bridgehead atoms. The number of hydrogen-bond acceptors (Lipinski definition) is 6. The first-order valence-corrected chi connectivity index (χ1v) is 9.86. The third kappa shape index (κ3) is 8.91. The molecule has 8 nitrogen and oxygen atoms in total. The topological polar surface area (TPSA) is 96.4 Å². The fourth-order valence-electron chi connectivity index (χ4n) is 2.86. The lowest BCUT2D eigenvalue weighted by Gasteiger charge is -2.24. The van der Waals surface area contributed by atoms with E-state index in [0.29, 0.717) is 26.2 Å². The Kier molecular flexibility index (Phi) is 8.73. The van der Waals surface area contributed by atoms with Crippen molar-refractivity contribution in [2.75, 3.05) is 32.8 Å². The molecule has 1 N–H and O–H groups in total. The number of carbonyl (C=O) groups excluding carboxylic acids is 3. The highest BCUT2D eigenvalue weighted by Gasteiger charge is 2.30. The van der Waals surface area contributed by atoms with Crippen molar-refractivity contribution in [3.8, 4) is 0 Å². The molecule has 2 atom stereocenters. The third-order valence-corrected chi connectivity index (χ3v) is 4.26. The van der Waals surface area contributed by atoms with Crippen LogP contribution in [0.3, 0.4) is 0 Å². The number of aldehydes is 1. The molecule has 2 saturated heterocycles. The highest BCUT2D eigenvalue weighted by molar-refractivity contribution is 5.70. The summed E-state index contributed by atoms with van der Waals surface area (Å²) >= 11 is 0. The van der Waals surface area contributed by atoms with Gasteiger partial charge in [-0.15, -0.1) is 0 Å². The molecule has 2 heterocycles. The molecule has 2 aliphatic rings. The Hall–Kier alpha value is -1.83. The fraction of sp³-hybridized carbons (Fsp3) is 0.850. The molecule has 0 aromatic carbocycles. The number of nitrogens with zero attached hydrogens (tertiary/aromatic N) is 2. The second kappa shape index (κ2) is 10.1. The van der Waals surface area contributed by atoms with E-state index in [1.165, 1.54) is 0 Å². The summed E-state index contributed by atoms with van der Waals surface area (Å²) < 4.78 is 10.4. The number of aliphatic hydroxyl groups excluding tert-OH is 1. The van der Waals surface area contributed by atoms with Gasteiger partial charge in [0.15, 0.2) is 0 Å². The van der Waals surface area contributed by atoms with E-state index in [1.807, 2.05) is 41.5 Å². The van der Waals surface area contributed by atoms with Gasteiger partial charge >= 0.3 is 12.2 Å². The van der Waals surface area contributed by atoms with Gasteiger partial charge in [-0.05, 0) is 54.4 Å². The molecule has 0 saturated carbocycles. The predicted molar refractivity (Wildman–Crippen MR) is 105 cm³/mol. The predicted octanol–water partition coefficient (Wildman–Crippen LogP) is 2.68. The van der Waals surface area contributed by atoms with Crippen molar-refractivity contribution in [1.29, 1.82) is 0 Å². The van der Waals surface area contributed by atoms with E-state index >= 15 is 0 Å². The van der Waals surface area contributed by atoms with Crippen LogP contribution in [-0.2, 0) is 14.3 Å². The van der Waals surface area contributed by atoms with Gasteiger partial charge in [0.05, 0.1) is 0 Å². The standard InChI is InChI=1S/C10H19NO3.C10H17NO3/c2*1-10(2,3)14-9(13)11-5-4-8(6-11)7-12/h8,12H,4-7H2,1-3H3;7-8H,4-6H2,1-3H3. The monoisotopic (exact) mass is 400 g/mol. The molecule has 0 aliphatic carbocycles. The van der Waals surface area contributed by atoms with Crippen LogP contribution in [0.15, 0.2) is 0 Å². The maximum atomic E-state index is 11.5. The Morgan fingerprint density at radius 3 is 1.75 bits per heavy atom. The first kappa shape index (κ1) is 24.2. The summed E-state index contributed by atoms with van der Waals surface area (Å²) in [5.74, 6) is 0.213. The van der Waals surface area contributed by atoms with Gasteiger partial charge < -0.3 is 29.2 Å². The molecule has 0 radical (unpaired) electrons. The molecule has 2 unspecified atom stereocenters. The van der Waals surface area contributed by atoms with Crippen molar-refractivity contribution in [2.45, 2.75) is 65.6 Å². The Labute approximate surface area is 168 Å². The maximum Gasteiger partial charge on any atom is 0.410 e. The van der Waals surface area contributed by atoms with Crippen molar-refractivity contribution in [2.24, 2.45) is 11.8 Å². The van der Waals surface area contributed by atoms with Crippen LogP contribution in [-0.4, -0.2) is 77.4 Å². The van der Waals surface area contributed by atoms with Gasteiger partial charge in [-0.25, -0.2) is 9.59 Å². The minimum absolute atomic E-state index is 0.0116. The Morgan fingerprint density at radius 2 is 1.39 bits per heavy atom. The number of carbonyl (C=O) groups is 3. The molecule has 0 spiro atoms. The molecule has 8 heteroatoms. The zero-order valence-electron chi connectivity index (χ0n) is 18.1. The molecule has 2 aliphatic heterocycles. The molecule has 0 aromatic heterocycles. The molecule has 2 amide bonds. The molecule has 0 aromatic rings. The van der Waals surface area contributed by atoms with Crippen molar-refractivity contribution in [3.63, 3.8) is 0 Å². The summed E-state index contributed by atoms with van der Waals surface area (Å²) in [6.07, 6.45) is 1.94. The van der Waals surface area contributed by atoms with E-state index < -0.39 is 11.2 Å². The normalized spacial score (nSPS) is 22.4. The minimum Gasteiger partial charge on any atom is -0.444 e. The lowest BCUT2D eigenvalue weighted by molar-refractivity contribution is -0.110. The van der Waals surface area contributed by atoms with Crippen molar-refractivity contribution >= 4 is 18.5 Å². The molecule has 2 fully saturated rings. The number of rotatable bonds is 2. The zero-order valence-corrected chi connectivity index (χ0v) is 18.1. The van der Waals surface area contributed by atoms with Crippen LogP contribution in [0.2, 0.25) is 0 Å². The van der Waals surface area contributed by atoms with Gasteiger partial charge in [0.25, 0.3) is 0 Å². The number of ether oxygens (including phenoxy) is 2. The van der Waals surface area contributed by atoms with Crippen LogP contribution in [0, 0.1) is 11.8 Å². The third-order valence-electron chi connectivity index (χ3n) is 4.26. The van der Waals surface area contributed by atoms with Gasteiger partial charge in [0.1, 0.15) is 17.5 Å². The number of hydrogen-bond donors (Lipinski definition) is 1. The fourth-order valence-corrected chi connectivity index (χ4v) is 2.86. The Bertz CT molecular complexity index is 538. The minimum atomic E-state index is -0.462. The Balaban J connectivity index is 0.000000280. The van der Waals surface area contributed by atoms with E-state index in [0.717, 1.165) is 19.1 Å². The first-order chi connectivity index (χ1) is 12.8. The molecule has 162 valence electrons. The van der Waals surface area contributed by atoms with Crippen molar-refractivity contribution < 1.29 is 29.0 Å². The van der Waals surface area contributed by atoms with Crippen molar-refractivity contribution in [1.82, 2.24) is 9.80 Å². The largest absolute Gasteiger partial charge is 0.444 e. The van der Waals surface area contributed by atoms with Crippen LogP contribution in [0.1, 0.15) is 54.4 Å².